The smallest absolute Gasteiger partial charge is 0.0828 e. The van der Waals surface area contributed by atoms with Gasteiger partial charge in [0.05, 0.1) is 6.10 Å². The van der Waals surface area contributed by atoms with E-state index in [-0.39, 0.29) is 6.10 Å². The van der Waals surface area contributed by atoms with Crippen molar-refractivity contribution < 1.29 is 5.11 Å². The molecule has 1 fully saturated rings. The van der Waals surface area contributed by atoms with E-state index in [0.717, 1.165) is 0 Å². The van der Waals surface area contributed by atoms with Gasteiger partial charge in [-0.1, -0.05) is 0 Å². The normalized spacial score (nSPS) is 19.6. The van der Waals surface area contributed by atoms with Crippen molar-refractivity contribution in [3.63, 3.8) is 0 Å². The van der Waals surface area contributed by atoms with Crippen LogP contribution in [0.3, 0.4) is 0 Å². The largest absolute Gasteiger partial charge is 0.388 e. The van der Waals surface area contributed by atoms with Crippen molar-refractivity contribution in [1.29, 1.82) is 0 Å². The lowest BCUT2D eigenvalue weighted by molar-refractivity contribution is 0.153. The highest BCUT2D eigenvalue weighted by molar-refractivity contribution is 7.10. The van der Waals surface area contributed by atoms with Gasteiger partial charge >= 0.3 is 0 Å². The van der Waals surface area contributed by atoms with Crippen LogP contribution in [0, 0.1) is 19.8 Å². The van der Waals surface area contributed by atoms with Gasteiger partial charge in [-0.2, -0.15) is 0 Å². The van der Waals surface area contributed by atoms with Gasteiger partial charge < -0.3 is 5.11 Å². The zero-order chi connectivity index (χ0) is 8.72. The highest BCUT2D eigenvalue weighted by Crippen LogP contribution is 2.43. The van der Waals surface area contributed by atoms with Gasteiger partial charge in [0.1, 0.15) is 0 Å². The summed E-state index contributed by atoms with van der Waals surface area (Å²) in [5, 5.41) is 12.0. The van der Waals surface area contributed by atoms with E-state index in [0.29, 0.717) is 5.92 Å². The van der Waals surface area contributed by atoms with Gasteiger partial charge in [-0.3, -0.25) is 0 Å². The lowest BCUT2D eigenvalue weighted by Crippen LogP contribution is -1.99. The summed E-state index contributed by atoms with van der Waals surface area (Å²) < 4.78 is 0. The van der Waals surface area contributed by atoms with Gasteiger partial charge in [0.2, 0.25) is 0 Å². The molecule has 0 radical (unpaired) electrons. The molecule has 1 unspecified atom stereocenters. The van der Waals surface area contributed by atoms with Gasteiger partial charge in [-0.15, -0.1) is 11.3 Å². The van der Waals surface area contributed by atoms with Crippen LogP contribution in [0.15, 0.2) is 5.38 Å². The van der Waals surface area contributed by atoms with E-state index in [1.165, 1.54) is 28.8 Å². The number of hydrogen-bond donors (Lipinski definition) is 1. The van der Waals surface area contributed by atoms with Crippen LogP contribution < -0.4 is 0 Å². The summed E-state index contributed by atoms with van der Waals surface area (Å²) in [6, 6.07) is 0. The summed E-state index contributed by atoms with van der Waals surface area (Å²) in [6.07, 6.45) is 2.22. The standard InChI is InChI=1S/C10H14OS/c1-6-7(2)12-5-9(6)10(11)8-3-4-8/h5,8,10-11H,3-4H2,1-2H3. The summed E-state index contributed by atoms with van der Waals surface area (Å²) in [5.41, 5.74) is 2.46. The lowest BCUT2D eigenvalue weighted by Gasteiger charge is -2.08. The van der Waals surface area contributed by atoms with Crippen molar-refractivity contribution in [3.8, 4) is 0 Å². The highest BCUT2D eigenvalue weighted by atomic mass is 32.1. The van der Waals surface area contributed by atoms with Crippen LogP contribution in [-0.4, -0.2) is 5.11 Å². The first-order valence-electron chi connectivity index (χ1n) is 4.43. The Balaban J connectivity index is 2.25. The van der Waals surface area contributed by atoms with Crippen molar-refractivity contribution >= 4 is 11.3 Å². The third-order valence-electron chi connectivity index (χ3n) is 2.71. The van der Waals surface area contributed by atoms with Gasteiger partial charge in [0, 0.05) is 4.88 Å². The van der Waals surface area contributed by atoms with Crippen LogP contribution in [0.5, 0.6) is 0 Å². The third-order valence-corrected chi connectivity index (χ3v) is 3.74. The monoisotopic (exact) mass is 182 g/mol. The molecule has 1 aliphatic rings. The molecule has 1 aromatic heterocycles. The second-order valence-electron chi connectivity index (χ2n) is 3.65. The van der Waals surface area contributed by atoms with Crippen molar-refractivity contribution in [1.82, 2.24) is 0 Å². The number of hydrogen-bond acceptors (Lipinski definition) is 2. The molecule has 1 saturated carbocycles. The molecule has 0 aromatic carbocycles. The van der Waals surface area contributed by atoms with E-state index in [1.54, 1.807) is 11.3 Å². The SMILES string of the molecule is Cc1scc(C(O)C2CC2)c1C. The van der Waals surface area contributed by atoms with E-state index in [4.69, 9.17) is 0 Å². The van der Waals surface area contributed by atoms with Gasteiger partial charge in [0.15, 0.2) is 0 Å². The second kappa shape index (κ2) is 2.86. The maximum atomic E-state index is 9.86. The van der Waals surface area contributed by atoms with Crippen LogP contribution in [0.4, 0.5) is 0 Å². The number of rotatable bonds is 2. The fourth-order valence-electron chi connectivity index (χ4n) is 1.49. The average Bonchev–Trinajstić information content (AvgIpc) is 2.82. The lowest BCUT2D eigenvalue weighted by atomic mass is 10.0. The molecule has 0 bridgehead atoms. The van der Waals surface area contributed by atoms with Gasteiger partial charge in [-0.25, -0.2) is 0 Å². The van der Waals surface area contributed by atoms with E-state index in [9.17, 15) is 5.11 Å². The molecule has 1 heterocycles. The summed E-state index contributed by atoms with van der Waals surface area (Å²) in [7, 11) is 0. The Kier molecular flexibility index (Phi) is 1.97. The Morgan fingerprint density at radius 1 is 1.50 bits per heavy atom. The molecule has 2 rings (SSSR count). The van der Waals surface area contributed by atoms with Crippen LogP contribution in [0.25, 0.3) is 0 Å². The zero-order valence-electron chi connectivity index (χ0n) is 7.50. The van der Waals surface area contributed by atoms with Crippen LogP contribution in [-0.2, 0) is 0 Å². The van der Waals surface area contributed by atoms with Gasteiger partial charge in [-0.05, 0) is 49.1 Å². The Morgan fingerprint density at radius 2 is 2.17 bits per heavy atom. The minimum Gasteiger partial charge on any atom is -0.388 e. The Morgan fingerprint density at radius 3 is 2.58 bits per heavy atom. The first-order chi connectivity index (χ1) is 5.70. The predicted octanol–water partition coefficient (Wildman–Crippen LogP) is 2.81. The molecule has 2 heteroatoms. The highest BCUT2D eigenvalue weighted by Gasteiger charge is 2.32. The first kappa shape index (κ1) is 8.27. The fraction of sp³-hybridized carbons (Fsp3) is 0.600. The molecular formula is C10H14OS. The molecule has 1 aliphatic carbocycles. The molecule has 12 heavy (non-hydrogen) atoms. The topological polar surface area (TPSA) is 20.2 Å². The third kappa shape index (κ3) is 1.29. The van der Waals surface area contributed by atoms with E-state index < -0.39 is 0 Å². The Bertz CT molecular complexity index is 286. The number of aryl methyl sites for hydroxylation is 1. The molecule has 66 valence electrons. The van der Waals surface area contributed by atoms with Gasteiger partial charge in [0.25, 0.3) is 0 Å². The number of aliphatic hydroxyl groups excluding tert-OH is 1. The molecule has 0 amide bonds. The zero-order valence-corrected chi connectivity index (χ0v) is 8.32. The molecule has 0 spiro atoms. The minimum atomic E-state index is -0.185. The van der Waals surface area contributed by atoms with E-state index in [2.05, 4.69) is 19.2 Å². The van der Waals surface area contributed by atoms with Crippen molar-refractivity contribution in [2.75, 3.05) is 0 Å². The molecule has 1 N–H and O–H groups in total. The maximum Gasteiger partial charge on any atom is 0.0828 e. The summed E-state index contributed by atoms with van der Waals surface area (Å²) in [4.78, 5) is 1.34. The summed E-state index contributed by atoms with van der Waals surface area (Å²) in [5.74, 6) is 0.553. The number of thiophene rings is 1. The maximum absolute atomic E-state index is 9.86. The molecular weight excluding hydrogens is 168 g/mol. The quantitative estimate of drug-likeness (QED) is 0.745. The molecule has 1 atom stereocenters. The Hall–Kier alpha value is -0.340. The average molecular weight is 182 g/mol. The van der Waals surface area contributed by atoms with E-state index in [1.807, 2.05) is 0 Å². The molecule has 1 nitrogen and oxygen atoms in total. The summed E-state index contributed by atoms with van der Waals surface area (Å²) >= 11 is 1.74. The minimum absolute atomic E-state index is 0.185. The molecule has 1 aromatic rings. The van der Waals surface area contributed by atoms with Crippen molar-refractivity contribution in [2.24, 2.45) is 5.92 Å². The molecule has 0 saturated heterocycles. The van der Waals surface area contributed by atoms with E-state index >= 15 is 0 Å². The first-order valence-corrected chi connectivity index (χ1v) is 5.30. The second-order valence-corrected chi connectivity index (χ2v) is 4.74. The van der Waals surface area contributed by atoms with Crippen LogP contribution in [0.2, 0.25) is 0 Å². The van der Waals surface area contributed by atoms with Crippen LogP contribution >= 0.6 is 11.3 Å². The predicted molar refractivity (Wildman–Crippen MR) is 51.5 cm³/mol. The molecule has 0 aliphatic heterocycles. The fourth-order valence-corrected chi connectivity index (χ4v) is 2.40. The van der Waals surface area contributed by atoms with Crippen molar-refractivity contribution in [2.45, 2.75) is 32.8 Å². The number of aliphatic hydroxyl groups is 1. The summed E-state index contributed by atoms with van der Waals surface area (Å²) in [6.45, 7) is 4.22. The van der Waals surface area contributed by atoms with Crippen LogP contribution in [0.1, 0.15) is 34.9 Å². The van der Waals surface area contributed by atoms with Crippen molar-refractivity contribution in [3.05, 3.63) is 21.4 Å². The Labute approximate surface area is 77.0 Å².